The molecule has 10 nitrogen and oxygen atoms in total. The molecule has 0 aromatic carbocycles. The van der Waals surface area contributed by atoms with Gasteiger partial charge >= 0.3 is 19.8 Å². The zero-order valence-electron chi connectivity index (χ0n) is 35.4. The molecule has 0 aliphatic carbocycles. The first-order valence-electron chi connectivity index (χ1n) is 22.6. The zero-order valence-corrected chi connectivity index (χ0v) is 36.3. The van der Waals surface area contributed by atoms with Gasteiger partial charge < -0.3 is 24.6 Å². The minimum atomic E-state index is -4.63. The zero-order chi connectivity index (χ0) is 40.5. The van der Waals surface area contributed by atoms with Crippen LogP contribution in [0.25, 0.3) is 0 Å². The molecule has 3 unspecified atom stereocenters. The third kappa shape index (κ3) is 39.3. The van der Waals surface area contributed by atoms with Gasteiger partial charge in [0.2, 0.25) is 0 Å². The number of unbranched alkanes of at least 4 members (excludes halogenated alkanes) is 27. The van der Waals surface area contributed by atoms with Crippen molar-refractivity contribution >= 4 is 19.8 Å². The Bertz CT molecular complexity index is 930. The summed E-state index contributed by atoms with van der Waals surface area (Å²) in [7, 11) is -4.63. The summed E-state index contributed by atoms with van der Waals surface area (Å²) in [4.78, 5) is 34.5. The largest absolute Gasteiger partial charge is 0.472 e. The van der Waals surface area contributed by atoms with E-state index in [1.807, 2.05) is 0 Å². The highest BCUT2D eigenvalue weighted by molar-refractivity contribution is 7.47. The maximum absolute atomic E-state index is 12.4. The fourth-order valence-electron chi connectivity index (χ4n) is 6.46. The lowest BCUT2D eigenvalue weighted by Crippen LogP contribution is -2.28. The van der Waals surface area contributed by atoms with Crippen molar-refractivity contribution in [3.63, 3.8) is 0 Å². The van der Waals surface area contributed by atoms with E-state index in [9.17, 15) is 29.3 Å². The lowest BCUT2D eigenvalue weighted by Gasteiger charge is -2.20. The number of carbonyl (C=O) groups is 2. The molecule has 0 saturated heterocycles. The maximum atomic E-state index is 12.4. The first kappa shape index (κ1) is 53.7. The molecule has 11 heteroatoms. The molecule has 0 aromatic heterocycles. The first-order valence-corrected chi connectivity index (χ1v) is 24.1. The molecule has 0 heterocycles. The molecule has 326 valence electrons. The number of carbonyl (C=O) groups excluding carboxylic acids is 2. The number of hydrogen-bond acceptors (Lipinski definition) is 9. The van der Waals surface area contributed by atoms with Crippen LogP contribution in [-0.4, -0.2) is 65.7 Å². The Kier molecular flexibility index (Phi) is 39.9. The van der Waals surface area contributed by atoms with Crippen LogP contribution in [0, 0.1) is 0 Å². The summed E-state index contributed by atoms with van der Waals surface area (Å²) in [5, 5.41) is 19.2. The van der Waals surface area contributed by atoms with Crippen LogP contribution in [0.1, 0.15) is 219 Å². The van der Waals surface area contributed by atoms with Gasteiger partial charge in [-0.1, -0.05) is 180 Å². The Morgan fingerprint density at radius 1 is 0.473 bits per heavy atom. The minimum absolute atomic E-state index is 0.185. The third-order valence-corrected chi connectivity index (χ3v) is 10.9. The van der Waals surface area contributed by atoms with Crippen molar-refractivity contribution in [3.8, 4) is 0 Å². The molecule has 0 aliphatic heterocycles. The first-order chi connectivity index (χ1) is 26.8. The van der Waals surface area contributed by atoms with Crippen LogP contribution in [0.15, 0.2) is 12.2 Å². The quantitative estimate of drug-likeness (QED) is 0.0235. The van der Waals surface area contributed by atoms with Gasteiger partial charge in [-0.3, -0.25) is 18.6 Å². The molecule has 55 heavy (non-hydrogen) atoms. The van der Waals surface area contributed by atoms with Gasteiger partial charge in [0.25, 0.3) is 0 Å². The molecule has 0 bridgehead atoms. The molecular formula is C44H85O10P. The lowest BCUT2D eigenvalue weighted by atomic mass is 10.0. The molecule has 3 N–H and O–H groups in total. The smallest absolute Gasteiger partial charge is 0.457 e. The number of hydrogen-bond donors (Lipinski definition) is 3. The number of aliphatic hydroxyl groups is 2. The monoisotopic (exact) mass is 805 g/mol. The lowest BCUT2D eigenvalue weighted by molar-refractivity contribution is -0.153. The van der Waals surface area contributed by atoms with Crippen LogP contribution in [0.5, 0.6) is 0 Å². The number of rotatable bonds is 43. The highest BCUT2D eigenvalue weighted by atomic mass is 31.2. The van der Waals surface area contributed by atoms with Gasteiger partial charge in [-0.05, 0) is 38.5 Å². The Morgan fingerprint density at radius 3 is 1.04 bits per heavy atom. The average molecular weight is 805 g/mol. The van der Waals surface area contributed by atoms with E-state index in [0.717, 1.165) is 57.8 Å². The van der Waals surface area contributed by atoms with E-state index in [2.05, 4.69) is 26.0 Å². The molecule has 0 fully saturated rings. The molecular weight excluding hydrogens is 719 g/mol. The van der Waals surface area contributed by atoms with Crippen molar-refractivity contribution in [2.45, 2.75) is 232 Å². The highest BCUT2D eigenvalue weighted by Gasteiger charge is 2.27. The summed E-state index contributed by atoms with van der Waals surface area (Å²) >= 11 is 0. The molecule has 0 saturated carbocycles. The average Bonchev–Trinajstić information content (AvgIpc) is 3.17. The second-order valence-electron chi connectivity index (χ2n) is 15.4. The van der Waals surface area contributed by atoms with Crippen molar-refractivity contribution in [1.82, 2.24) is 0 Å². The number of aliphatic hydroxyl groups excluding tert-OH is 2. The van der Waals surface area contributed by atoms with E-state index in [1.54, 1.807) is 0 Å². The van der Waals surface area contributed by atoms with Crippen molar-refractivity contribution in [2.24, 2.45) is 0 Å². The number of esters is 2. The van der Waals surface area contributed by atoms with Crippen LogP contribution in [-0.2, 0) is 32.7 Å². The fourth-order valence-corrected chi connectivity index (χ4v) is 7.25. The molecule has 0 spiro atoms. The van der Waals surface area contributed by atoms with E-state index in [0.29, 0.717) is 12.8 Å². The highest BCUT2D eigenvalue weighted by Crippen LogP contribution is 2.43. The van der Waals surface area contributed by atoms with Gasteiger partial charge in [-0.2, -0.15) is 0 Å². The van der Waals surface area contributed by atoms with E-state index in [-0.39, 0.29) is 12.8 Å². The third-order valence-electron chi connectivity index (χ3n) is 9.98. The van der Waals surface area contributed by atoms with Crippen molar-refractivity contribution in [1.29, 1.82) is 0 Å². The summed E-state index contributed by atoms with van der Waals surface area (Å²) in [5.74, 6) is -1.02. The summed E-state index contributed by atoms with van der Waals surface area (Å²) in [6, 6.07) is 0. The molecule has 0 amide bonds. The van der Waals surface area contributed by atoms with Gasteiger partial charge in [0.1, 0.15) is 12.2 Å². The van der Waals surface area contributed by atoms with Crippen LogP contribution >= 0.6 is 7.82 Å². The van der Waals surface area contributed by atoms with E-state index in [4.69, 9.17) is 18.5 Å². The summed E-state index contributed by atoms with van der Waals surface area (Å²) in [6.45, 7) is 2.23. The van der Waals surface area contributed by atoms with Crippen LogP contribution < -0.4 is 0 Å². The summed E-state index contributed by atoms with van der Waals surface area (Å²) in [5.41, 5.74) is 0. The Labute approximate surface area is 336 Å². The van der Waals surface area contributed by atoms with E-state index in [1.165, 1.54) is 122 Å². The van der Waals surface area contributed by atoms with Crippen molar-refractivity contribution < 1.29 is 47.8 Å². The van der Waals surface area contributed by atoms with Gasteiger partial charge in [0.05, 0.1) is 26.4 Å². The molecule has 3 atom stereocenters. The Hall–Kier alpha value is -1.29. The van der Waals surface area contributed by atoms with Gasteiger partial charge in [-0.25, -0.2) is 4.57 Å². The van der Waals surface area contributed by atoms with Gasteiger partial charge in [0, 0.05) is 12.8 Å². The standard InChI is InChI=1S/C44H85O10P/c1-3-5-7-9-11-13-15-17-19-20-22-24-26-28-30-32-34-36-44(48)54-42(38-46)40-52-55(49,50)51-39-41(37-45)53-43(47)35-33-31-29-27-25-23-21-18-16-14-12-10-8-6-4-2/h18,21,41-42,45-46H,3-17,19-20,22-40H2,1-2H3,(H,49,50)/b21-18-. The number of phosphoric acid groups is 1. The number of ether oxygens (including phenoxy) is 2. The van der Waals surface area contributed by atoms with Crippen molar-refractivity contribution in [3.05, 3.63) is 12.2 Å². The van der Waals surface area contributed by atoms with Crippen molar-refractivity contribution in [2.75, 3.05) is 26.4 Å². The fraction of sp³-hybridized carbons (Fsp3) is 0.909. The second kappa shape index (κ2) is 40.9. The molecule has 0 rings (SSSR count). The Morgan fingerprint density at radius 2 is 0.745 bits per heavy atom. The van der Waals surface area contributed by atoms with E-state index >= 15 is 0 Å². The minimum Gasteiger partial charge on any atom is -0.457 e. The summed E-state index contributed by atoms with van der Waals surface area (Å²) < 4.78 is 32.6. The predicted octanol–water partition coefficient (Wildman–Crippen LogP) is 12.0. The van der Waals surface area contributed by atoms with E-state index < -0.39 is 58.4 Å². The van der Waals surface area contributed by atoms with Gasteiger partial charge in [-0.15, -0.1) is 0 Å². The predicted molar refractivity (Wildman–Crippen MR) is 224 cm³/mol. The molecule has 0 aliphatic rings. The summed E-state index contributed by atoms with van der Waals surface area (Å²) in [6.07, 6.45) is 38.9. The number of allylic oxidation sites excluding steroid dienone is 2. The Balaban J connectivity index is 3.88. The normalized spacial score (nSPS) is 13.9. The number of phosphoric ester groups is 1. The maximum Gasteiger partial charge on any atom is 0.472 e. The van der Waals surface area contributed by atoms with Crippen LogP contribution in [0.4, 0.5) is 0 Å². The molecule has 0 radical (unpaired) electrons. The van der Waals surface area contributed by atoms with Crippen LogP contribution in [0.3, 0.4) is 0 Å². The molecule has 0 aromatic rings. The van der Waals surface area contributed by atoms with Crippen LogP contribution in [0.2, 0.25) is 0 Å². The second-order valence-corrected chi connectivity index (χ2v) is 16.8. The SMILES string of the molecule is CCCCCCCC/C=C\CCCCCCCC(=O)OC(CO)COP(=O)(O)OCC(CO)OC(=O)CCCCCCCCCCCCCCCCCCC. The topological polar surface area (TPSA) is 149 Å². The van der Waals surface area contributed by atoms with Gasteiger partial charge in [0.15, 0.2) is 0 Å².